The number of amides is 1. The maximum atomic E-state index is 13.2. The Kier molecular flexibility index (Phi) is 8.57. The van der Waals surface area contributed by atoms with E-state index < -0.39 is 12.0 Å². The number of esters is 1. The van der Waals surface area contributed by atoms with Crippen LogP contribution in [0.15, 0.2) is 51.6 Å². The van der Waals surface area contributed by atoms with Crippen molar-refractivity contribution in [1.29, 1.82) is 0 Å². The van der Waals surface area contributed by atoms with Crippen molar-refractivity contribution in [2.75, 3.05) is 27.4 Å². The van der Waals surface area contributed by atoms with Crippen molar-refractivity contribution < 1.29 is 23.8 Å². The molecule has 0 saturated carbocycles. The molecule has 33 heavy (non-hydrogen) atoms. The average molecular weight is 474 g/mol. The van der Waals surface area contributed by atoms with Gasteiger partial charge in [-0.15, -0.1) is 0 Å². The molecule has 178 valence electrons. The zero-order valence-electron chi connectivity index (χ0n) is 19.7. The summed E-state index contributed by atoms with van der Waals surface area (Å²) in [6, 6.07) is 7.15. The van der Waals surface area contributed by atoms with Crippen LogP contribution in [-0.4, -0.2) is 55.4 Å². The number of fused-ring (bicyclic) bond motifs is 1. The molecule has 0 fully saturated rings. The Morgan fingerprint density at radius 1 is 1.27 bits per heavy atom. The van der Waals surface area contributed by atoms with Crippen molar-refractivity contribution in [1.82, 2.24) is 10.2 Å². The van der Waals surface area contributed by atoms with E-state index in [2.05, 4.69) is 10.3 Å². The molecule has 0 spiro atoms. The molecule has 0 saturated heterocycles. The number of hydrogen-bond acceptors (Lipinski definition) is 8. The van der Waals surface area contributed by atoms with Crippen LogP contribution >= 0.6 is 11.8 Å². The zero-order valence-corrected chi connectivity index (χ0v) is 20.5. The molecule has 2 heterocycles. The summed E-state index contributed by atoms with van der Waals surface area (Å²) in [6.07, 6.45) is 1.03. The van der Waals surface area contributed by atoms with E-state index in [4.69, 9.17) is 14.2 Å². The van der Waals surface area contributed by atoms with Gasteiger partial charge < -0.3 is 24.4 Å². The highest BCUT2D eigenvalue weighted by Crippen LogP contribution is 2.45. The number of thioether (sulfide) groups is 1. The molecule has 0 bridgehead atoms. The predicted octanol–water partition coefficient (Wildman–Crippen LogP) is 3.76. The van der Waals surface area contributed by atoms with Gasteiger partial charge in [-0.1, -0.05) is 30.8 Å². The summed E-state index contributed by atoms with van der Waals surface area (Å²) < 4.78 is 15.9. The van der Waals surface area contributed by atoms with Crippen LogP contribution < -0.4 is 10.1 Å². The molecule has 2 aliphatic heterocycles. The average Bonchev–Trinajstić information content (AvgIpc) is 3.19. The van der Waals surface area contributed by atoms with Crippen molar-refractivity contribution in [2.24, 2.45) is 4.99 Å². The first-order valence-corrected chi connectivity index (χ1v) is 11.8. The van der Waals surface area contributed by atoms with E-state index >= 15 is 0 Å². The topological polar surface area (TPSA) is 89.5 Å². The second-order valence-corrected chi connectivity index (χ2v) is 8.69. The minimum absolute atomic E-state index is 0.0719. The third kappa shape index (κ3) is 5.78. The quantitative estimate of drug-likeness (QED) is 0.409. The van der Waals surface area contributed by atoms with E-state index in [0.29, 0.717) is 23.6 Å². The van der Waals surface area contributed by atoms with Crippen LogP contribution in [0.3, 0.4) is 0 Å². The number of benzene rings is 1. The summed E-state index contributed by atoms with van der Waals surface area (Å²) >= 11 is 1.44. The smallest absolute Gasteiger partial charge is 0.338 e. The molecule has 1 aromatic carbocycles. The van der Waals surface area contributed by atoms with Crippen LogP contribution in [-0.2, 0) is 19.1 Å². The fraction of sp³-hybridized carbons (Fsp3) is 0.458. The van der Waals surface area contributed by atoms with Gasteiger partial charge in [-0.2, -0.15) is 0 Å². The summed E-state index contributed by atoms with van der Waals surface area (Å²) in [5, 5.41) is 5.66. The molecule has 0 radical (unpaired) electrons. The van der Waals surface area contributed by atoms with E-state index in [0.717, 1.165) is 22.8 Å². The minimum atomic E-state index is -0.500. The molecular weight excluding hydrogens is 442 g/mol. The van der Waals surface area contributed by atoms with Gasteiger partial charge in [0.15, 0.2) is 5.17 Å². The molecule has 1 aromatic rings. The first kappa shape index (κ1) is 24.9. The Balaban J connectivity index is 1.98. The van der Waals surface area contributed by atoms with E-state index in [1.54, 1.807) is 21.1 Å². The molecular formula is C24H31N3O5S. The Morgan fingerprint density at radius 3 is 2.76 bits per heavy atom. The van der Waals surface area contributed by atoms with Crippen LogP contribution in [0.4, 0.5) is 0 Å². The first-order chi connectivity index (χ1) is 15.9. The second kappa shape index (κ2) is 11.4. The van der Waals surface area contributed by atoms with Gasteiger partial charge >= 0.3 is 5.97 Å². The molecule has 1 amide bonds. The number of hydrogen-bond donors (Lipinski definition) is 1. The van der Waals surface area contributed by atoms with Crippen molar-refractivity contribution >= 4 is 28.8 Å². The highest BCUT2D eigenvalue weighted by Gasteiger charge is 2.41. The molecule has 9 heteroatoms. The third-order valence-corrected chi connectivity index (χ3v) is 6.40. The summed E-state index contributed by atoms with van der Waals surface area (Å²) in [7, 11) is 3.15. The maximum absolute atomic E-state index is 13.2. The fourth-order valence-electron chi connectivity index (χ4n) is 3.65. The number of rotatable bonds is 10. The van der Waals surface area contributed by atoms with Gasteiger partial charge in [0, 0.05) is 18.8 Å². The van der Waals surface area contributed by atoms with Crippen molar-refractivity contribution in [2.45, 2.75) is 45.7 Å². The maximum Gasteiger partial charge on any atom is 0.338 e. The lowest BCUT2D eigenvalue weighted by Gasteiger charge is -2.36. The molecule has 8 nitrogen and oxygen atoms in total. The number of carbonyl (C=O) groups is 2. The third-order valence-electron chi connectivity index (χ3n) is 5.51. The van der Waals surface area contributed by atoms with Crippen LogP contribution in [0.1, 0.15) is 45.2 Å². The van der Waals surface area contributed by atoms with Gasteiger partial charge in [0.25, 0.3) is 0 Å². The number of ether oxygens (including phenoxy) is 3. The Labute approximate surface area is 199 Å². The van der Waals surface area contributed by atoms with Gasteiger partial charge in [-0.3, -0.25) is 4.79 Å². The lowest BCUT2D eigenvalue weighted by Crippen LogP contribution is -2.39. The van der Waals surface area contributed by atoms with Gasteiger partial charge in [0.05, 0.1) is 37.4 Å². The van der Waals surface area contributed by atoms with Gasteiger partial charge in [0.2, 0.25) is 5.91 Å². The van der Waals surface area contributed by atoms with E-state index in [1.807, 2.05) is 48.4 Å². The van der Waals surface area contributed by atoms with E-state index in [9.17, 15) is 9.59 Å². The largest absolute Gasteiger partial charge is 0.497 e. The summed E-state index contributed by atoms with van der Waals surface area (Å²) in [5.74, 6) is 0.144. The highest BCUT2D eigenvalue weighted by atomic mass is 32.2. The monoisotopic (exact) mass is 473 g/mol. The van der Waals surface area contributed by atoms with Crippen molar-refractivity contribution in [3.63, 3.8) is 0 Å². The van der Waals surface area contributed by atoms with Crippen LogP contribution in [0, 0.1) is 0 Å². The minimum Gasteiger partial charge on any atom is -0.497 e. The summed E-state index contributed by atoms with van der Waals surface area (Å²) in [6.45, 7) is 6.25. The molecule has 1 N–H and O–H groups in total. The number of methoxy groups -OCH3 is 2. The normalized spacial score (nSPS) is 18.3. The van der Waals surface area contributed by atoms with Gasteiger partial charge in [-0.05, 0) is 43.4 Å². The standard InChI is InChI=1S/C24H31N3O5S/c1-6-15(2)25-20(28)13-18-14-33-24-26-16(3)21(23(29)32-11-10-30-4)22(27(18)24)17-8-7-9-19(12-17)31-5/h7-9,12,14-15,22H,6,10-11,13H2,1-5H3,(H,25,28)/t15-,22+/m0/s1. The zero-order chi connectivity index (χ0) is 24.0. The predicted molar refractivity (Wildman–Crippen MR) is 129 cm³/mol. The van der Waals surface area contributed by atoms with Crippen LogP contribution in [0.25, 0.3) is 0 Å². The van der Waals surface area contributed by atoms with Crippen LogP contribution in [0.5, 0.6) is 5.75 Å². The Hall–Kier alpha value is -2.78. The Morgan fingerprint density at radius 2 is 2.06 bits per heavy atom. The molecule has 3 rings (SSSR count). The fourth-order valence-corrected chi connectivity index (χ4v) is 4.61. The number of amidine groups is 1. The summed E-state index contributed by atoms with van der Waals surface area (Å²) in [4.78, 5) is 32.5. The molecule has 2 atom stereocenters. The molecule has 0 aromatic heterocycles. The number of aliphatic imine (C=N–C) groups is 1. The number of allylic oxidation sites excluding steroid dienone is 1. The van der Waals surface area contributed by atoms with Gasteiger partial charge in [0.1, 0.15) is 12.4 Å². The highest BCUT2D eigenvalue weighted by molar-refractivity contribution is 8.16. The molecule has 0 unspecified atom stereocenters. The van der Waals surface area contributed by atoms with Crippen molar-refractivity contribution in [3.8, 4) is 5.75 Å². The van der Waals surface area contributed by atoms with E-state index in [-0.39, 0.29) is 25.0 Å². The van der Waals surface area contributed by atoms with E-state index in [1.165, 1.54) is 11.8 Å². The summed E-state index contributed by atoms with van der Waals surface area (Å²) in [5.41, 5.74) is 2.64. The Bertz CT molecular complexity index is 988. The lowest BCUT2D eigenvalue weighted by atomic mass is 9.93. The number of nitrogens with one attached hydrogen (secondary N) is 1. The second-order valence-electron chi connectivity index (χ2n) is 7.85. The van der Waals surface area contributed by atoms with Crippen molar-refractivity contribution in [3.05, 3.63) is 52.2 Å². The SMILES string of the molecule is CC[C@H](C)NC(=O)CC1=CSC2=NC(C)=C(C(=O)OCCOC)[C@@H](c3cccc(OC)c3)N12. The lowest BCUT2D eigenvalue weighted by molar-refractivity contribution is -0.141. The first-order valence-electron chi connectivity index (χ1n) is 10.9. The number of nitrogens with zero attached hydrogens (tertiary/aromatic N) is 2. The molecule has 2 aliphatic rings. The molecule has 0 aliphatic carbocycles. The van der Waals surface area contributed by atoms with Gasteiger partial charge in [-0.25, -0.2) is 9.79 Å². The van der Waals surface area contributed by atoms with Crippen LogP contribution in [0.2, 0.25) is 0 Å². The number of carbonyl (C=O) groups excluding carboxylic acids is 2.